The van der Waals surface area contributed by atoms with E-state index in [1.54, 1.807) is 20.7 Å². The normalized spacial score (nSPS) is 14.5. The lowest BCUT2D eigenvalue weighted by Gasteiger charge is -2.34. The van der Waals surface area contributed by atoms with Gasteiger partial charge in [0.2, 0.25) is 0 Å². The number of carbonyl (C=O) groups excluding carboxylic acids is 2. The van der Waals surface area contributed by atoms with E-state index >= 15 is 0 Å². The summed E-state index contributed by atoms with van der Waals surface area (Å²) in [6.45, 7) is 6.77. The van der Waals surface area contributed by atoms with E-state index in [-0.39, 0.29) is 17.8 Å². The van der Waals surface area contributed by atoms with Gasteiger partial charge in [0.05, 0.1) is 11.9 Å². The summed E-state index contributed by atoms with van der Waals surface area (Å²) in [5.41, 5.74) is 1.11. The molecule has 0 saturated carbocycles. The van der Waals surface area contributed by atoms with Crippen molar-refractivity contribution >= 4 is 17.6 Å². The Morgan fingerprint density at radius 2 is 1.74 bits per heavy atom. The number of carbonyl (C=O) groups is 2. The van der Waals surface area contributed by atoms with E-state index in [0.717, 1.165) is 6.54 Å². The minimum Gasteiger partial charge on any atom is -0.335 e. The second kappa shape index (κ2) is 8.20. The molecule has 1 aromatic heterocycles. The second-order valence-electron chi connectivity index (χ2n) is 7.06. The molecule has 3 rings (SSSR count). The molecule has 2 aromatic rings. The van der Waals surface area contributed by atoms with Crippen LogP contribution in [0.2, 0.25) is 0 Å². The van der Waals surface area contributed by atoms with Crippen LogP contribution < -0.4 is 5.32 Å². The Balaban J connectivity index is 1.51. The van der Waals surface area contributed by atoms with Crippen molar-refractivity contribution in [2.24, 2.45) is 5.92 Å². The molecule has 7 nitrogen and oxygen atoms in total. The van der Waals surface area contributed by atoms with Gasteiger partial charge in [-0.3, -0.25) is 9.48 Å². The Bertz CT molecular complexity index is 795. The summed E-state index contributed by atoms with van der Waals surface area (Å²) in [6, 6.07) is 5.30. The Hall–Kier alpha value is -2.90. The summed E-state index contributed by atoms with van der Waals surface area (Å²) >= 11 is 0. The third-order valence-electron chi connectivity index (χ3n) is 4.38. The van der Waals surface area contributed by atoms with Crippen LogP contribution in [0, 0.1) is 11.7 Å². The predicted molar refractivity (Wildman–Crippen MR) is 100.0 cm³/mol. The Kier molecular flexibility index (Phi) is 5.73. The Labute approximate surface area is 157 Å². The average molecular weight is 373 g/mol. The lowest BCUT2D eigenvalue weighted by molar-refractivity contribution is 0.0671. The first-order valence-corrected chi connectivity index (χ1v) is 9.05. The predicted octanol–water partition coefficient (Wildman–Crippen LogP) is 2.67. The van der Waals surface area contributed by atoms with Crippen molar-refractivity contribution in [2.75, 3.05) is 31.5 Å². The van der Waals surface area contributed by atoms with Crippen LogP contribution in [0.4, 0.5) is 14.9 Å². The maximum atomic E-state index is 13.0. The fourth-order valence-corrected chi connectivity index (χ4v) is 2.99. The number of urea groups is 1. The van der Waals surface area contributed by atoms with E-state index < -0.39 is 0 Å². The molecule has 144 valence electrons. The SMILES string of the molecule is CC(C)Cn1cc(NC(=O)N2CCN(C(=O)c3ccc(F)cc3)CC2)cn1. The fraction of sp³-hybridized carbons (Fsp3) is 0.421. The van der Waals surface area contributed by atoms with Crippen LogP contribution in [0.1, 0.15) is 24.2 Å². The van der Waals surface area contributed by atoms with Crippen LogP contribution in [-0.4, -0.2) is 57.7 Å². The molecule has 0 bridgehead atoms. The van der Waals surface area contributed by atoms with Gasteiger partial charge in [0.1, 0.15) is 5.82 Å². The lowest BCUT2D eigenvalue weighted by Crippen LogP contribution is -2.51. The minimum atomic E-state index is -0.371. The molecule has 2 heterocycles. The van der Waals surface area contributed by atoms with Gasteiger partial charge in [-0.2, -0.15) is 5.10 Å². The molecule has 0 unspecified atom stereocenters. The van der Waals surface area contributed by atoms with Gasteiger partial charge in [0, 0.05) is 44.5 Å². The number of halogens is 1. The van der Waals surface area contributed by atoms with E-state index in [2.05, 4.69) is 24.3 Å². The third-order valence-corrected chi connectivity index (χ3v) is 4.38. The molecule has 0 aliphatic carbocycles. The number of anilines is 1. The fourth-order valence-electron chi connectivity index (χ4n) is 2.99. The second-order valence-corrected chi connectivity index (χ2v) is 7.06. The summed E-state index contributed by atoms with van der Waals surface area (Å²) in [5.74, 6) is -0.0463. The van der Waals surface area contributed by atoms with Crippen LogP contribution in [0.25, 0.3) is 0 Å². The quantitative estimate of drug-likeness (QED) is 0.896. The van der Waals surface area contributed by atoms with Crippen molar-refractivity contribution in [3.8, 4) is 0 Å². The van der Waals surface area contributed by atoms with Crippen molar-refractivity contribution in [1.82, 2.24) is 19.6 Å². The topological polar surface area (TPSA) is 70.5 Å². The maximum Gasteiger partial charge on any atom is 0.322 e. The van der Waals surface area contributed by atoms with Gasteiger partial charge in [0.15, 0.2) is 0 Å². The highest BCUT2D eigenvalue weighted by Crippen LogP contribution is 2.12. The molecule has 1 fully saturated rings. The van der Waals surface area contributed by atoms with Crippen LogP contribution in [0.5, 0.6) is 0 Å². The van der Waals surface area contributed by atoms with Crippen molar-refractivity contribution in [3.63, 3.8) is 0 Å². The number of aromatic nitrogens is 2. The highest BCUT2D eigenvalue weighted by atomic mass is 19.1. The Morgan fingerprint density at radius 1 is 1.11 bits per heavy atom. The summed E-state index contributed by atoms with van der Waals surface area (Å²) in [6.07, 6.45) is 3.45. The zero-order valence-corrected chi connectivity index (χ0v) is 15.6. The van der Waals surface area contributed by atoms with Gasteiger partial charge in [-0.25, -0.2) is 9.18 Å². The van der Waals surface area contributed by atoms with Crippen molar-refractivity contribution in [3.05, 3.63) is 48.0 Å². The number of nitrogens with one attached hydrogen (secondary N) is 1. The van der Waals surface area contributed by atoms with Gasteiger partial charge in [0.25, 0.3) is 5.91 Å². The molecule has 1 N–H and O–H groups in total. The van der Waals surface area contributed by atoms with Gasteiger partial charge < -0.3 is 15.1 Å². The largest absolute Gasteiger partial charge is 0.335 e. The first kappa shape index (κ1) is 18.9. The molecule has 27 heavy (non-hydrogen) atoms. The van der Waals surface area contributed by atoms with Crippen molar-refractivity contribution in [2.45, 2.75) is 20.4 Å². The molecule has 1 aromatic carbocycles. The number of piperazine rings is 1. The first-order valence-electron chi connectivity index (χ1n) is 9.05. The van der Waals surface area contributed by atoms with Crippen molar-refractivity contribution in [1.29, 1.82) is 0 Å². The van der Waals surface area contributed by atoms with Gasteiger partial charge >= 0.3 is 6.03 Å². The molecule has 1 saturated heterocycles. The standard InChI is InChI=1S/C19H24FN5O2/c1-14(2)12-25-13-17(11-21-25)22-19(27)24-9-7-23(8-10-24)18(26)15-3-5-16(20)6-4-15/h3-6,11,13-14H,7-10,12H2,1-2H3,(H,22,27). The van der Waals surface area contributed by atoms with Crippen LogP contribution in [0.15, 0.2) is 36.7 Å². The van der Waals surface area contributed by atoms with E-state index in [1.807, 2.05) is 6.20 Å². The molecule has 8 heteroatoms. The molecule has 1 aliphatic rings. The van der Waals surface area contributed by atoms with Crippen molar-refractivity contribution < 1.29 is 14.0 Å². The monoisotopic (exact) mass is 373 g/mol. The van der Waals surface area contributed by atoms with E-state index in [4.69, 9.17) is 0 Å². The Morgan fingerprint density at radius 3 is 2.37 bits per heavy atom. The summed E-state index contributed by atoms with van der Waals surface area (Å²) in [7, 11) is 0. The zero-order chi connectivity index (χ0) is 19.4. The number of hydrogen-bond donors (Lipinski definition) is 1. The molecule has 1 aliphatic heterocycles. The molecule has 0 spiro atoms. The molecular weight excluding hydrogens is 349 g/mol. The van der Waals surface area contributed by atoms with Crippen LogP contribution in [-0.2, 0) is 6.54 Å². The highest BCUT2D eigenvalue weighted by molar-refractivity contribution is 5.94. The minimum absolute atomic E-state index is 0.148. The molecule has 0 radical (unpaired) electrons. The average Bonchev–Trinajstić information content (AvgIpc) is 3.08. The number of amides is 3. The first-order chi connectivity index (χ1) is 12.9. The molecule has 0 atom stereocenters. The van der Waals surface area contributed by atoms with E-state index in [1.165, 1.54) is 24.3 Å². The summed E-state index contributed by atoms with van der Waals surface area (Å²) < 4.78 is 14.8. The highest BCUT2D eigenvalue weighted by Gasteiger charge is 2.25. The molecule has 3 amide bonds. The van der Waals surface area contributed by atoms with Gasteiger partial charge in [-0.1, -0.05) is 13.8 Å². The molecular formula is C19H24FN5O2. The van der Waals surface area contributed by atoms with E-state index in [9.17, 15) is 14.0 Å². The zero-order valence-electron chi connectivity index (χ0n) is 15.6. The number of rotatable bonds is 4. The number of nitrogens with zero attached hydrogens (tertiary/aromatic N) is 4. The van der Waals surface area contributed by atoms with Gasteiger partial charge in [-0.15, -0.1) is 0 Å². The summed E-state index contributed by atoms with van der Waals surface area (Å²) in [4.78, 5) is 28.2. The van der Waals surface area contributed by atoms with Crippen LogP contribution in [0.3, 0.4) is 0 Å². The number of hydrogen-bond acceptors (Lipinski definition) is 3. The third kappa shape index (κ3) is 4.84. The van der Waals surface area contributed by atoms with E-state index in [0.29, 0.717) is 43.3 Å². The lowest BCUT2D eigenvalue weighted by atomic mass is 10.2. The maximum absolute atomic E-state index is 13.0. The number of benzene rings is 1. The summed E-state index contributed by atoms with van der Waals surface area (Å²) in [5, 5.41) is 7.08. The van der Waals surface area contributed by atoms with Crippen LogP contribution >= 0.6 is 0 Å². The smallest absolute Gasteiger partial charge is 0.322 e. The van der Waals surface area contributed by atoms with Gasteiger partial charge in [-0.05, 0) is 30.2 Å².